The number of aromatic nitrogens is 3. The molecule has 4 aliphatic rings. The molecule has 3 aliphatic heterocycles. The van der Waals surface area contributed by atoms with Gasteiger partial charge in [0.2, 0.25) is 11.8 Å². The fourth-order valence-electron chi connectivity index (χ4n) is 7.82. The second-order valence-corrected chi connectivity index (χ2v) is 13.6. The molecule has 1 aliphatic carbocycles. The zero-order chi connectivity index (χ0) is 31.4. The summed E-state index contributed by atoms with van der Waals surface area (Å²) in [7, 11) is 0. The molecule has 5 heterocycles. The zero-order valence-corrected chi connectivity index (χ0v) is 24.3. The van der Waals surface area contributed by atoms with Gasteiger partial charge in [-0.05, 0) is 77.1 Å². The van der Waals surface area contributed by atoms with Crippen molar-refractivity contribution in [3.05, 3.63) is 47.8 Å². The molecule has 3 aromatic rings. The van der Waals surface area contributed by atoms with Crippen LogP contribution in [0.2, 0.25) is 0 Å². The highest BCUT2D eigenvalue weighted by atomic mass is 19.4. The standard InChI is InChI=1S/C30H31F6N5O3/c1-26(2,3)44-25(42)41-17-6-7-18(41)12-16(11-17)23-38-39-24(43-23)27-13-28(27,30(34,35)36)15-40(14-27)21-9-8-20(29(31,32)33)22-19(21)5-4-10-37-22/h4-5,8-10,16-18H,6-7,11-15H2,1-3H3/t16?,17-,18+,27-,28-/m0/s1. The number of carbonyl (C=O) groups is 1. The number of benzene rings is 1. The Hall–Kier alpha value is -3.58. The van der Waals surface area contributed by atoms with Crippen molar-refractivity contribution in [2.45, 2.75) is 94.2 Å². The fourth-order valence-corrected chi connectivity index (χ4v) is 7.82. The predicted molar refractivity (Wildman–Crippen MR) is 145 cm³/mol. The average Bonchev–Trinajstić information content (AvgIpc) is 3.24. The first-order chi connectivity index (χ1) is 20.5. The van der Waals surface area contributed by atoms with Crippen LogP contribution in [0.3, 0.4) is 0 Å². The van der Waals surface area contributed by atoms with Crippen LogP contribution in [0.1, 0.15) is 76.1 Å². The van der Waals surface area contributed by atoms with Gasteiger partial charge in [-0.25, -0.2) is 4.79 Å². The molecule has 2 bridgehead atoms. The van der Waals surface area contributed by atoms with Gasteiger partial charge in [-0.3, -0.25) is 4.98 Å². The van der Waals surface area contributed by atoms with Crippen molar-refractivity contribution in [1.29, 1.82) is 0 Å². The summed E-state index contributed by atoms with van der Waals surface area (Å²) in [6.07, 6.45) is -6.05. The number of hydrogen-bond acceptors (Lipinski definition) is 7. The molecule has 1 aromatic carbocycles. The summed E-state index contributed by atoms with van der Waals surface area (Å²) in [6, 6.07) is 4.78. The number of piperidine rings is 2. The predicted octanol–water partition coefficient (Wildman–Crippen LogP) is 6.99. The van der Waals surface area contributed by atoms with Gasteiger partial charge < -0.3 is 19.0 Å². The van der Waals surface area contributed by atoms with E-state index in [1.165, 1.54) is 29.3 Å². The van der Waals surface area contributed by atoms with Crippen molar-refractivity contribution in [2.75, 3.05) is 18.0 Å². The number of nitrogens with zero attached hydrogens (tertiary/aromatic N) is 5. The summed E-state index contributed by atoms with van der Waals surface area (Å²) in [5.41, 5.74) is -5.37. The van der Waals surface area contributed by atoms with Crippen LogP contribution in [0, 0.1) is 5.41 Å². The molecule has 2 aromatic heterocycles. The Kier molecular flexibility index (Phi) is 6.11. The Bertz CT molecular complexity index is 1620. The molecule has 14 heteroatoms. The molecule has 1 amide bonds. The Balaban J connectivity index is 1.17. The number of fused-ring (bicyclic) bond motifs is 4. The number of halogens is 6. The minimum absolute atomic E-state index is 0.0964. The van der Waals surface area contributed by atoms with Gasteiger partial charge in [0.05, 0.1) is 16.5 Å². The van der Waals surface area contributed by atoms with Gasteiger partial charge in [0, 0.05) is 48.4 Å². The summed E-state index contributed by atoms with van der Waals surface area (Å²) >= 11 is 0. The van der Waals surface area contributed by atoms with E-state index in [2.05, 4.69) is 15.2 Å². The zero-order valence-electron chi connectivity index (χ0n) is 24.3. The van der Waals surface area contributed by atoms with Crippen molar-refractivity contribution >= 4 is 22.7 Å². The van der Waals surface area contributed by atoms with Crippen LogP contribution in [0.15, 0.2) is 34.9 Å². The lowest BCUT2D eigenvalue weighted by Gasteiger charge is -2.38. The summed E-state index contributed by atoms with van der Waals surface area (Å²) in [5.74, 6) is -0.0744. The van der Waals surface area contributed by atoms with Gasteiger partial charge in [0.15, 0.2) is 0 Å². The van der Waals surface area contributed by atoms with Gasteiger partial charge in [0.25, 0.3) is 0 Å². The number of rotatable bonds is 3. The summed E-state index contributed by atoms with van der Waals surface area (Å²) in [6.45, 7) is 4.81. The number of alkyl halides is 6. The number of pyridine rings is 1. The molecule has 0 N–H and O–H groups in total. The van der Waals surface area contributed by atoms with E-state index in [0.717, 1.165) is 18.9 Å². The molecule has 0 spiro atoms. The maximum absolute atomic E-state index is 14.7. The number of amides is 1. The van der Waals surface area contributed by atoms with E-state index in [9.17, 15) is 31.1 Å². The summed E-state index contributed by atoms with van der Waals surface area (Å²) < 4.78 is 96.8. The number of anilines is 1. The quantitative estimate of drug-likeness (QED) is 0.291. The van der Waals surface area contributed by atoms with Crippen LogP contribution in [0.25, 0.3) is 10.9 Å². The van der Waals surface area contributed by atoms with Crippen LogP contribution in [-0.4, -0.2) is 63.1 Å². The van der Waals surface area contributed by atoms with Crippen LogP contribution < -0.4 is 4.90 Å². The third-order valence-corrected chi connectivity index (χ3v) is 9.79. The highest BCUT2D eigenvalue weighted by molar-refractivity contribution is 5.94. The van der Waals surface area contributed by atoms with E-state index in [1.807, 2.05) is 0 Å². The second kappa shape index (κ2) is 9.23. The van der Waals surface area contributed by atoms with E-state index in [0.29, 0.717) is 12.8 Å². The van der Waals surface area contributed by atoms with Gasteiger partial charge in [-0.2, -0.15) is 26.3 Å². The SMILES string of the molecule is CC(C)(C)OC(=O)N1[C@@H]2CC[C@H]1CC(c1nnc([C@]34CN(c5ccc(C(F)(F)F)c6ncccc56)C[C@@]3(C(F)(F)F)C4)o1)C2. The van der Waals surface area contributed by atoms with E-state index < -0.39 is 40.9 Å². The number of ether oxygens (including phenoxy) is 1. The van der Waals surface area contributed by atoms with E-state index in [4.69, 9.17) is 9.15 Å². The first-order valence-corrected chi connectivity index (χ1v) is 14.6. The number of hydrogen-bond donors (Lipinski definition) is 0. The minimum atomic E-state index is -4.67. The molecule has 5 atom stereocenters. The van der Waals surface area contributed by atoms with Gasteiger partial charge in [0.1, 0.15) is 11.0 Å². The molecule has 7 rings (SSSR count). The molecule has 0 radical (unpaired) electrons. The van der Waals surface area contributed by atoms with Crippen molar-refractivity contribution in [1.82, 2.24) is 20.1 Å². The van der Waals surface area contributed by atoms with Crippen LogP contribution in [0.5, 0.6) is 0 Å². The largest absolute Gasteiger partial charge is 0.444 e. The van der Waals surface area contributed by atoms with Gasteiger partial charge in [-0.1, -0.05) is 0 Å². The van der Waals surface area contributed by atoms with Crippen molar-refractivity contribution in [3.8, 4) is 0 Å². The van der Waals surface area contributed by atoms with Crippen LogP contribution in [-0.2, 0) is 16.3 Å². The lowest BCUT2D eigenvalue weighted by atomic mass is 9.91. The molecular formula is C30H31F6N5O3. The molecule has 4 fully saturated rings. The third-order valence-electron chi connectivity index (χ3n) is 9.79. The van der Waals surface area contributed by atoms with E-state index >= 15 is 0 Å². The minimum Gasteiger partial charge on any atom is -0.444 e. The highest BCUT2D eigenvalue weighted by Gasteiger charge is 2.86. The van der Waals surface area contributed by atoms with Crippen molar-refractivity contribution < 1.29 is 40.3 Å². The Labute approximate surface area is 248 Å². The fraction of sp³-hybridized carbons (Fsp3) is 0.600. The molecule has 1 saturated carbocycles. The second-order valence-electron chi connectivity index (χ2n) is 13.6. The Morgan fingerprint density at radius 1 is 1.00 bits per heavy atom. The molecule has 3 saturated heterocycles. The van der Waals surface area contributed by atoms with Crippen LogP contribution in [0.4, 0.5) is 36.8 Å². The maximum Gasteiger partial charge on any atom is 0.418 e. The highest BCUT2D eigenvalue weighted by Crippen LogP contribution is 2.75. The molecule has 44 heavy (non-hydrogen) atoms. The average molecular weight is 624 g/mol. The Morgan fingerprint density at radius 2 is 1.70 bits per heavy atom. The normalized spacial score (nSPS) is 30.2. The van der Waals surface area contributed by atoms with Gasteiger partial charge in [-0.15, -0.1) is 10.2 Å². The molecule has 1 unspecified atom stereocenters. The molecule has 236 valence electrons. The Morgan fingerprint density at radius 3 is 2.34 bits per heavy atom. The summed E-state index contributed by atoms with van der Waals surface area (Å²) in [4.78, 5) is 20.0. The monoisotopic (exact) mass is 623 g/mol. The van der Waals surface area contributed by atoms with E-state index in [1.54, 1.807) is 25.7 Å². The third kappa shape index (κ3) is 4.33. The number of carbonyl (C=O) groups excluding carboxylic acids is 1. The lowest BCUT2D eigenvalue weighted by Crippen LogP contribution is -2.48. The van der Waals surface area contributed by atoms with E-state index in [-0.39, 0.29) is 65.4 Å². The lowest BCUT2D eigenvalue weighted by molar-refractivity contribution is -0.187. The summed E-state index contributed by atoms with van der Waals surface area (Å²) in [5, 5.41) is 8.48. The molecular weight excluding hydrogens is 592 g/mol. The van der Waals surface area contributed by atoms with Crippen molar-refractivity contribution in [2.24, 2.45) is 5.41 Å². The molecule has 8 nitrogen and oxygen atoms in total. The van der Waals surface area contributed by atoms with Crippen molar-refractivity contribution in [3.63, 3.8) is 0 Å². The first-order valence-electron chi connectivity index (χ1n) is 14.6. The van der Waals surface area contributed by atoms with Crippen LogP contribution >= 0.6 is 0 Å². The van der Waals surface area contributed by atoms with Gasteiger partial charge >= 0.3 is 18.4 Å². The maximum atomic E-state index is 14.7. The first kappa shape index (κ1) is 29.1. The topological polar surface area (TPSA) is 84.6 Å². The smallest absolute Gasteiger partial charge is 0.418 e.